The Labute approximate surface area is 166 Å². The molecule has 0 saturated heterocycles. The molecule has 0 aliphatic carbocycles. The van der Waals surface area contributed by atoms with Gasteiger partial charge in [-0.3, -0.25) is 0 Å². The summed E-state index contributed by atoms with van der Waals surface area (Å²) in [6.07, 6.45) is 0.522. The van der Waals surface area contributed by atoms with Gasteiger partial charge in [-0.1, -0.05) is 35.9 Å². The van der Waals surface area contributed by atoms with Gasteiger partial charge in [0.2, 0.25) is 10.0 Å². The minimum Gasteiger partial charge on any atom is -0.387 e. The molecule has 0 amide bonds. The average molecular weight is 412 g/mol. The van der Waals surface area contributed by atoms with Crippen LogP contribution in [0.2, 0.25) is 5.02 Å². The Morgan fingerprint density at radius 2 is 1.81 bits per heavy atom. The molecule has 148 valence electrons. The maximum Gasteiger partial charge on any atom is 0.209 e. The van der Waals surface area contributed by atoms with E-state index in [1.54, 1.807) is 12.1 Å². The van der Waals surface area contributed by atoms with Gasteiger partial charge >= 0.3 is 0 Å². The number of rotatable bonds is 10. The second kappa shape index (κ2) is 10.1. The smallest absolute Gasteiger partial charge is 0.209 e. The minimum atomic E-state index is -3.19. The first-order valence-electron chi connectivity index (χ1n) is 8.67. The Morgan fingerprint density at radius 3 is 2.44 bits per heavy atom. The summed E-state index contributed by atoms with van der Waals surface area (Å²) in [4.78, 5) is 0. The second-order valence-corrected chi connectivity index (χ2v) is 8.82. The number of anilines is 1. The van der Waals surface area contributed by atoms with Crippen LogP contribution in [0.15, 0.2) is 48.5 Å². The summed E-state index contributed by atoms with van der Waals surface area (Å²) >= 11 is 5.95. The van der Waals surface area contributed by atoms with E-state index in [0.717, 1.165) is 23.1 Å². The zero-order chi connectivity index (χ0) is 19.9. The third-order valence-electron chi connectivity index (χ3n) is 4.00. The Morgan fingerprint density at radius 1 is 1.11 bits per heavy atom. The molecule has 27 heavy (non-hydrogen) atoms. The highest BCUT2D eigenvalue weighted by Crippen LogP contribution is 2.17. The molecule has 0 saturated carbocycles. The van der Waals surface area contributed by atoms with Crippen LogP contribution in [-0.4, -0.2) is 38.9 Å². The summed E-state index contributed by atoms with van der Waals surface area (Å²) in [6, 6.07) is 14.9. The SMILES string of the molecule is C[C@H](CNc1ccc(CNS(C)(=O)=O)cc1)NC[C@H](O)c1cccc(Cl)c1. The van der Waals surface area contributed by atoms with Gasteiger partial charge < -0.3 is 15.7 Å². The monoisotopic (exact) mass is 411 g/mol. The minimum absolute atomic E-state index is 0.144. The van der Waals surface area contributed by atoms with Crippen molar-refractivity contribution in [2.24, 2.45) is 0 Å². The molecule has 0 fully saturated rings. The summed E-state index contributed by atoms with van der Waals surface area (Å²) in [7, 11) is -3.19. The van der Waals surface area contributed by atoms with Gasteiger partial charge in [0.05, 0.1) is 12.4 Å². The number of sulfonamides is 1. The molecule has 0 radical (unpaired) electrons. The van der Waals surface area contributed by atoms with E-state index in [4.69, 9.17) is 11.6 Å². The van der Waals surface area contributed by atoms with Crippen molar-refractivity contribution in [1.29, 1.82) is 0 Å². The molecule has 0 aliphatic heterocycles. The molecule has 4 N–H and O–H groups in total. The van der Waals surface area contributed by atoms with Crippen LogP contribution in [0.5, 0.6) is 0 Å². The molecule has 0 bridgehead atoms. The first-order valence-corrected chi connectivity index (χ1v) is 10.9. The first-order chi connectivity index (χ1) is 12.7. The Hall–Kier alpha value is -1.64. The third kappa shape index (κ3) is 8.28. The molecule has 2 aromatic rings. The highest BCUT2D eigenvalue weighted by atomic mass is 35.5. The van der Waals surface area contributed by atoms with Gasteiger partial charge in [0, 0.05) is 36.4 Å². The van der Waals surface area contributed by atoms with Gasteiger partial charge in [0.25, 0.3) is 0 Å². The lowest BCUT2D eigenvalue weighted by atomic mass is 10.1. The fraction of sp³-hybridized carbons (Fsp3) is 0.368. The number of hydrogen-bond acceptors (Lipinski definition) is 5. The highest BCUT2D eigenvalue weighted by molar-refractivity contribution is 7.88. The lowest BCUT2D eigenvalue weighted by Crippen LogP contribution is -2.35. The lowest BCUT2D eigenvalue weighted by Gasteiger charge is -2.18. The highest BCUT2D eigenvalue weighted by Gasteiger charge is 2.10. The van der Waals surface area contributed by atoms with Gasteiger partial charge in [-0.2, -0.15) is 0 Å². The molecule has 2 aromatic carbocycles. The predicted octanol–water partition coefficient (Wildman–Crippen LogP) is 2.51. The van der Waals surface area contributed by atoms with Gasteiger partial charge in [-0.15, -0.1) is 0 Å². The van der Waals surface area contributed by atoms with Crippen molar-refractivity contribution in [3.8, 4) is 0 Å². The summed E-state index contributed by atoms with van der Waals surface area (Å²) in [6.45, 7) is 3.42. The molecule has 6 nitrogen and oxygen atoms in total. The van der Waals surface area contributed by atoms with E-state index >= 15 is 0 Å². The van der Waals surface area contributed by atoms with Crippen LogP contribution in [-0.2, 0) is 16.6 Å². The fourth-order valence-electron chi connectivity index (χ4n) is 2.44. The van der Waals surface area contributed by atoms with Crippen molar-refractivity contribution in [1.82, 2.24) is 10.0 Å². The number of aliphatic hydroxyl groups is 1. The van der Waals surface area contributed by atoms with E-state index < -0.39 is 16.1 Å². The van der Waals surface area contributed by atoms with E-state index in [1.165, 1.54) is 0 Å². The number of halogens is 1. The lowest BCUT2D eigenvalue weighted by molar-refractivity contribution is 0.171. The van der Waals surface area contributed by atoms with Crippen LogP contribution in [0.1, 0.15) is 24.2 Å². The summed E-state index contributed by atoms with van der Waals surface area (Å²) in [5.74, 6) is 0. The van der Waals surface area contributed by atoms with Crippen molar-refractivity contribution >= 4 is 27.3 Å². The topological polar surface area (TPSA) is 90.5 Å². The molecule has 8 heteroatoms. The molecular weight excluding hydrogens is 386 g/mol. The van der Waals surface area contributed by atoms with Crippen molar-refractivity contribution in [2.75, 3.05) is 24.7 Å². The normalized spacial score (nSPS) is 13.9. The van der Waals surface area contributed by atoms with E-state index in [9.17, 15) is 13.5 Å². The van der Waals surface area contributed by atoms with Gasteiger partial charge in [-0.25, -0.2) is 13.1 Å². The van der Waals surface area contributed by atoms with E-state index in [-0.39, 0.29) is 12.6 Å². The molecule has 0 aliphatic rings. The van der Waals surface area contributed by atoms with E-state index in [1.807, 2.05) is 43.3 Å². The van der Waals surface area contributed by atoms with Crippen molar-refractivity contribution < 1.29 is 13.5 Å². The second-order valence-electron chi connectivity index (χ2n) is 6.55. The number of benzene rings is 2. The zero-order valence-electron chi connectivity index (χ0n) is 15.4. The van der Waals surface area contributed by atoms with Gasteiger partial charge in [0.1, 0.15) is 0 Å². The fourth-order valence-corrected chi connectivity index (χ4v) is 3.07. The quantitative estimate of drug-likeness (QED) is 0.482. The Kier molecular flexibility index (Phi) is 8.07. The molecule has 0 aromatic heterocycles. The predicted molar refractivity (Wildman–Crippen MR) is 110 cm³/mol. The number of aliphatic hydroxyl groups excluding tert-OH is 1. The maximum atomic E-state index is 11.1. The van der Waals surface area contributed by atoms with Gasteiger partial charge in [-0.05, 0) is 42.3 Å². The van der Waals surface area contributed by atoms with Gasteiger partial charge in [0.15, 0.2) is 0 Å². The van der Waals surface area contributed by atoms with Crippen LogP contribution in [0.3, 0.4) is 0 Å². The molecule has 2 rings (SSSR count). The van der Waals surface area contributed by atoms with Crippen LogP contribution in [0, 0.1) is 0 Å². The third-order valence-corrected chi connectivity index (χ3v) is 4.90. The molecule has 0 heterocycles. The summed E-state index contributed by atoms with van der Waals surface area (Å²) < 4.78 is 24.7. The zero-order valence-corrected chi connectivity index (χ0v) is 17.0. The summed E-state index contributed by atoms with van der Waals surface area (Å²) in [5, 5.41) is 17.4. The molecule has 0 spiro atoms. The maximum absolute atomic E-state index is 11.1. The number of nitrogens with one attached hydrogen (secondary N) is 3. The van der Waals surface area contributed by atoms with Crippen LogP contribution < -0.4 is 15.4 Å². The van der Waals surface area contributed by atoms with E-state index in [2.05, 4.69) is 15.4 Å². The van der Waals surface area contributed by atoms with Crippen LogP contribution in [0.25, 0.3) is 0 Å². The summed E-state index contributed by atoms with van der Waals surface area (Å²) in [5.41, 5.74) is 2.62. The van der Waals surface area contributed by atoms with Crippen molar-refractivity contribution in [2.45, 2.75) is 25.6 Å². The average Bonchev–Trinajstić information content (AvgIpc) is 2.63. The molecule has 2 atom stereocenters. The van der Waals surface area contributed by atoms with Crippen LogP contribution in [0.4, 0.5) is 5.69 Å². The molecule has 0 unspecified atom stereocenters. The Bertz CT molecular complexity index is 828. The Balaban J connectivity index is 1.74. The first kappa shape index (κ1) is 21.7. The molecular formula is C19H26ClN3O3S. The van der Waals surface area contributed by atoms with Crippen LogP contribution >= 0.6 is 11.6 Å². The number of hydrogen-bond donors (Lipinski definition) is 4. The van der Waals surface area contributed by atoms with Crippen molar-refractivity contribution in [3.05, 3.63) is 64.7 Å². The standard InChI is InChI=1S/C19H26ClN3O3S/c1-14(21-13-19(24)16-4-3-5-17(20)10-16)11-22-18-8-6-15(7-9-18)12-23-27(2,25)26/h3-10,14,19,21-24H,11-13H2,1-2H3/t14-,19+/m1/s1. The van der Waals surface area contributed by atoms with Crippen molar-refractivity contribution in [3.63, 3.8) is 0 Å². The largest absolute Gasteiger partial charge is 0.387 e. The van der Waals surface area contributed by atoms with E-state index in [0.29, 0.717) is 18.1 Å².